The van der Waals surface area contributed by atoms with E-state index in [1.54, 1.807) is 12.2 Å². The summed E-state index contributed by atoms with van der Waals surface area (Å²) in [6, 6.07) is 0. The molecule has 0 aliphatic carbocycles. The smallest absolute Gasteiger partial charge is 0.118 e. The summed E-state index contributed by atoms with van der Waals surface area (Å²) in [7, 11) is 0. The highest BCUT2D eigenvalue weighted by atomic mass is 16.5. The van der Waals surface area contributed by atoms with E-state index in [4.69, 9.17) is 4.74 Å². The van der Waals surface area contributed by atoms with Crippen LogP contribution in [0.5, 0.6) is 0 Å². The van der Waals surface area contributed by atoms with Gasteiger partial charge in [-0.3, -0.25) is 0 Å². The van der Waals surface area contributed by atoms with Crippen LogP contribution >= 0.6 is 0 Å². The molecule has 0 aliphatic heterocycles. The van der Waals surface area contributed by atoms with Gasteiger partial charge in [0, 0.05) is 0 Å². The summed E-state index contributed by atoms with van der Waals surface area (Å²) in [5.74, 6) is 0.807. The molecule has 0 aromatic rings. The number of hydrogen-bond acceptors (Lipinski definition) is 1. The summed E-state index contributed by atoms with van der Waals surface area (Å²) < 4.78 is 5.41. The van der Waals surface area contributed by atoms with Gasteiger partial charge in [-0.05, 0) is 18.6 Å². The Morgan fingerprint density at radius 1 is 1.33 bits per heavy atom. The first-order valence-electron chi connectivity index (χ1n) is 4.43. The van der Waals surface area contributed by atoms with Crippen molar-refractivity contribution in [2.24, 2.45) is 0 Å². The van der Waals surface area contributed by atoms with Crippen LogP contribution in [0.3, 0.4) is 0 Å². The van der Waals surface area contributed by atoms with Crippen molar-refractivity contribution in [3.8, 4) is 0 Å². The zero-order chi connectivity index (χ0) is 9.23. The molecule has 0 radical (unpaired) electrons. The van der Waals surface area contributed by atoms with Crippen molar-refractivity contribution < 1.29 is 4.74 Å². The predicted molar refractivity (Wildman–Crippen MR) is 54.0 cm³/mol. The fourth-order valence-corrected chi connectivity index (χ4v) is 0.833. The molecule has 0 aromatic heterocycles. The van der Waals surface area contributed by atoms with Gasteiger partial charge in [0.2, 0.25) is 0 Å². The van der Waals surface area contributed by atoms with Crippen molar-refractivity contribution in [3.63, 3.8) is 0 Å². The van der Waals surface area contributed by atoms with E-state index in [2.05, 4.69) is 20.1 Å². The second kappa shape index (κ2) is 8.12. The molecule has 1 heteroatoms. The Kier molecular flexibility index (Phi) is 7.46. The summed E-state index contributed by atoms with van der Waals surface area (Å²) in [6.07, 6.45) is 8.78. The molecule has 0 unspecified atom stereocenters. The average molecular weight is 166 g/mol. The van der Waals surface area contributed by atoms with Crippen LogP contribution < -0.4 is 0 Å². The maximum Gasteiger partial charge on any atom is 0.118 e. The first-order chi connectivity index (χ1) is 5.85. The Labute approximate surface area is 75.4 Å². The number of ether oxygens (including phenoxy) is 1. The minimum Gasteiger partial charge on any atom is -0.494 e. The van der Waals surface area contributed by atoms with Crippen LogP contribution in [-0.4, -0.2) is 6.61 Å². The van der Waals surface area contributed by atoms with Gasteiger partial charge in [-0.1, -0.05) is 39.0 Å². The molecule has 0 spiro atoms. The zero-order valence-electron chi connectivity index (χ0n) is 7.88. The largest absolute Gasteiger partial charge is 0.494 e. The monoisotopic (exact) mass is 166 g/mol. The number of allylic oxidation sites excluding steroid dienone is 3. The Bertz CT molecular complexity index is 156. The second-order valence-corrected chi connectivity index (χ2v) is 2.56. The Balaban J connectivity index is 3.51. The summed E-state index contributed by atoms with van der Waals surface area (Å²) in [5, 5.41) is 0. The quantitative estimate of drug-likeness (QED) is 0.320. The van der Waals surface area contributed by atoms with Gasteiger partial charge >= 0.3 is 0 Å². The Hall–Kier alpha value is -0.980. The molecule has 1 nitrogen and oxygen atoms in total. The minimum atomic E-state index is 0.777. The standard InChI is InChI=1S/C11H18O/c1-4-7-8-10-12-11(6-3)9-5-2/h5-6,9H,2-4,7-8,10H2,1H3/b11-9+. The fraction of sp³-hybridized carbons (Fsp3) is 0.455. The zero-order valence-corrected chi connectivity index (χ0v) is 7.88. The van der Waals surface area contributed by atoms with E-state index < -0.39 is 0 Å². The van der Waals surface area contributed by atoms with Crippen molar-refractivity contribution in [2.45, 2.75) is 26.2 Å². The molecule has 0 bridgehead atoms. The van der Waals surface area contributed by atoms with E-state index in [1.807, 2.05) is 6.08 Å². The molecule has 0 fully saturated rings. The minimum absolute atomic E-state index is 0.777. The average Bonchev–Trinajstić information content (AvgIpc) is 2.10. The maximum atomic E-state index is 5.41. The lowest BCUT2D eigenvalue weighted by atomic mass is 10.3. The highest BCUT2D eigenvalue weighted by molar-refractivity contribution is 5.14. The molecule has 0 atom stereocenters. The molecule has 0 rings (SSSR count). The summed E-state index contributed by atoms with van der Waals surface area (Å²) in [5.41, 5.74) is 0. The Morgan fingerprint density at radius 3 is 2.58 bits per heavy atom. The van der Waals surface area contributed by atoms with Gasteiger partial charge < -0.3 is 4.74 Å². The first kappa shape index (κ1) is 11.0. The van der Waals surface area contributed by atoms with Crippen LogP contribution in [0, 0.1) is 0 Å². The van der Waals surface area contributed by atoms with Gasteiger partial charge in [-0.2, -0.15) is 0 Å². The third kappa shape index (κ3) is 5.78. The van der Waals surface area contributed by atoms with Crippen molar-refractivity contribution >= 4 is 0 Å². The number of unbranched alkanes of at least 4 members (excludes halogenated alkanes) is 2. The highest BCUT2D eigenvalue weighted by Crippen LogP contribution is 2.02. The van der Waals surface area contributed by atoms with Crippen molar-refractivity contribution in [2.75, 3.05) is 6.61 Å². The van der Waals surface area contributed by atoms with E-state index >= 15 is 0 Å². The van der Waals surface area contributed by atoms with Crippen molar-refractivity contribution in [3.05, 3.63) is 37.1 Å². The molecule has 0 saturated heterocycles. The highest BCUT2D eigenvalue weighted by Gasteiger charge is 1.90. The first-order valence-corrected chi connectivity index (χ1v) is 4.43. The third-order valence-electron chi connectivity index (χ3n) is 1.50. The van der Waals surface area contributed by atoms with Crippen LogP contribution in [0.15, 0.2) is 37.1 Å². The van der Waals surface area contributed by atoms with Gasteiger partial charge in [-0.15, -0.1) is 0 Å². The molecule has 0 N–H and O–H groups in total. The lowest BCUT2D eigenvalue weighted by molar-refractivity contribution is 0.218. The normalized spacial score (nSPS) is 10.9. The third-order valence-corrected chi connectivity index (χ3v) is 1.50. The van der Waals surface area contributed by atoms with Crippen LogP contribution in [0.25, 0.3) is 0 Å². The SMILES string of the molecule is C=C/C=C(\C=C)OCCCCC. The van der Waals surface area contributed by atoms with Crippen molar-refractivity contribution in [1.29, 1.82) is 0 Å². The van der Waals surface area contributed by atoms with Crippen LogP contribution in [-0.2, 0) is 4.74 Å². The van der Waals surface area contributed by atoms with Crippen LogP contribution in [0.1, 0.15) is 26.2 Å². The molecular weight excluding hydrogens is 148 g/mol. The molecular formula is C11H18O. The van der Waals surface area contributed by atoms with Crippen LogP contribution in [0.4, 0.5) is 0 Å². The molecule has 68 valence electrons. The second-order valence-electron chi connectivity index (χ2n) is 2.56. The van der Waals surface area contributed by atoms with Gasteiger partial charge in [0.1, 0.15) is 5.76 Å². The Morgan fingerprint density at radius 2 is 2.08 bits per heavy atom. The molecule has 0 saturated carbocycles. The lowest BCUT2D eigenvalue weighted by Crippen LogP contribution is -1.92. The van der Waals surface area contributed by atoms with Gasteiger partial charge in [-0.25, -0.2) is 0 Å². The van der Waals surface area contributed by atoms with E-state index in [0.717, 1.165) is 18.8 Å². The molecule has 0 aromatic carbocycles. The molecule has 0 amide bonds. The fourth-order valence-electron chi connectivity index (χ4n) is 0.833. The van der Waals surface area contributed by atoms with E-state index in [-0.39, 0.29) is 0 Å². The maximum absolute atomic E-state index is 5.41. The summed E-state index contributed by atoms with van der Waals surface area (Å²) in [4.78, 5) is 0. The van der Waals surface area contributed by atoms with Gasteiger partial charge in [0.05, 0.1) is 6.61 Å². The molecule has 12 heavy (non-hydrogen) atoms. The number of rotatable bonds is 7. The van der Waals surface area contributed by atoms with Gasteiger partial charge in [0.25, 0.3) is 0 Å². The van der Waals surface area contributed by atoms with Crippen LogP contribution in [0.2, 0.25) is 0 Å². The predicted octanol–water partition coefficient (Wildman–Crippen LogP) is 3.45. The molecule has 0 heterocycles. The summed E-state index contributed by atoms with van der Waals surface area (Å²) >= 11 is 0. The summed E-state index contributed by atoms with van der Waals surface area (Å²) in [6.45, 7) is 10.2. The lowest BCUT2D eigenvalue weighted by Gasteiger charge is -2.04. The molecule has 0 aliphatic rings. The number of hydrogen-bond donors (Lipinski definition) is 0. The topological polar surface area (TPSA) is 9.23 Å². The van der Waals surface area contributed by atoms with E-state index in [0.29, 0.717) is 0 Å². The van der Waals surface area contributed by atoms with E-state index in [9.17, 15) is 0 Å². The van der Waals surface area contributed by atoms with E-state index in [1.165, 1.54) is 12.8 Å². The van der Waals surface area contributed by atoms with Crippen molar-refractivity contribution in [1.82, 2.24) is 0 Å². The van der Waals surface area contributed by atoms with Gasteiger partial charge in [0.15, 0.2) is 0 Å².